The van der Waals surface area contributed by atoms with Crippen LogP contribution in [0.2, 0.25) is 0 Å². The molecule has 0 aromatic carbocycles. The highest BCUT2D eigenvalue weighted by atomic mass is 19.1. The number of halogens is 1. The van der Waals surface area contributed by atoms with Crippen LogP contribution in [0.5, 0.6) is 5.88 Å². The summed E-state index contributed by atoms with van der Waals surface area (Å²) in [4.78, 5) is 3.53. The molecule has 0 bridgehead atoms. The van der Waals surface area contributed by atoms with E-state index in [-0.39, 0.29) is 0 Å². The van der Waals surface area contributed by atoms with Gasteiger partial charge in [-0.2, -0.15) is 9.37 Å². The normalized spacial score (nSPS) is 10.0. The first-order valence-corrected chi connectivity index (χ1v) is 4.16. The summed E-state index contributed by atoms with van der Waals surface area (Å²) < 4.78 is 22.7. The fourth-order valence-corrected chi connectivity index (χ4v) is 0.820. The number of hydrogen-bond acceptors (Lipinski definition) is 3. The third-order valence-electron chi connectivity index (χ3n) is 1.37. The molecule has 1 aromatic rings. The van der Waals surface area contributed by atoms with Gasteiger partial charge in [-0.25, -0.2) is 0 Å². The third kappa shape index (κ3) is 3.85. The Morgan fingerprint density at radius 3 is 2.92 bits per heavy atom. The topological polar surface area (TPSA) is 31.4 Å². The summed E-state index contributed by atoms with van der Waals surface area (Å²) in [6, 6.07) is 4.43. The van der Waals surface area contributed by atoms with Crippen LogP contribution in [0.15, 0.2) is 18.2 Å². The maximum absolute atomic E-state index is 12.5. The van der Waals surface area contributed by atoms with E-state index in [1.54, 1.807) is 12.1 Å². The van der Waals surface area contributed by atoms with Crippen LogP contribution in [0.3, 0.4) is 0 Å². The van der Waals surface area contributed by atoms with Crippen molar-refractivity contribution in [1.29, 1.82) is 0 Å². The fourth-order valence-electron chi connectivity index (χ4n) is 0.820. The number of pyridine rings is 1. The summed E-state index contributed by atoms with van der Waals surface area (Å²) in [5.74, 6) is -0.242. The quantitative estimate of drug-likeness (QED) is 0.516. The molecule has 0 aliphatic rings. The number of ether oxygens (including phenoxy) is 2. The lowest BCUT2D eigenvalue weighted by molar-refractivity contribution is 0.108. The van der Waals surface area contributed by atoms with Crippen LogP contribution < -0.4 is 4.74 Å². The van der Waals surface area contributed by atoms with E-state index in [0.29, 0.717) is 25.7 Å². The second-order valence-electron chi connectivity index (χ2n) is 2.34. The van der Waals surface area contributed by atoms with Crippen molar-refractivity contribution in [2.24, 2.45) is 0 Å². The van der Waals surface area contributed by atoms with Gasteiger partial charge in [0.05, 0.1) is 6.61 Å². The van der Waals surface area contributed by atoms with Crippen LogP contribution in [0.4, 0.5) is 4.39 Å². The summed E-state index contributed by atoms with van der Waals surface area (Å²) >= 11 is 0. The maximum atomic E-state index is 12.5. The highest BCUT2D eigenvalue weighted by Crippen LogP contribution is 2.05. The van der Waals surface area contributed by atoms with E-state index in [1.807, 2.05) is 6.92 Å². The number of nitrogens with zero attached hydrogens (tertiary/aromatic N) is 1. The van der Waals surface area contributed by atoms with Crippen LogP contribution in [0, 0.1) is 5.95 Å². The molecule has 72 valence electrons. The van der Waals surface area contributed by atoms with Crippen molar-refractivity contribution >= 4 is 0 Å². The van der Waals surface area contributed by atoms with Gasteiger partial charge in [-0.1, -0.05) is 6.07 Å². The predicted molar refractivity (Wildman–Crippen MR) is 46.2 cm³/mol. The molecule has 0 unspecified atom stereocenters. The van der Waals surface area contributed by atoms with Gasteiger partial charge < -0.3 is 9.47 Å². The molecule has 3 nitrogen and oxygen atoms in total. The molecule has 1 rings (SSSR count). The summed E-state index contributed by atoms with van der Waals surface area (Å²) in [6.07, 6.45) is 0. The Morgan fingerprint density at radius 2 is 2.23 bits per heavy atom. The molecular formula is C9H12FNO2. The van der Waals surface area contributed by atoms with Gasteiger partial charge in [0.1, 0.15) is 6.61 Å². The zero-order valence-electron chi connectivity index (χ0n) is 7.50. The van der Waals surface area contributed by atoms with E-state index in [4.69, 9.17) is 9.47 Å². The number of hydrogen-bond donors (Lipinski definition) is 0. The van der Waals surface area contributed by atoms with Crippen LogP contribution >= 0.6 is 0 Å². The average molecular weight is 185 g/mol. The molecule has 0 aliphatic carbocycles. The van der Waals surface area contributed by atoms with Crippen LogP contribution in [-0.4, -0.2) is 24.8 Å². The molecule has 0 fully saturated rings. The van der Waals surface area contributed by atoms with Crippen LogP contribution in [-0.2, 0) is 4.74 Å². The minimum absolute atomic E-state index is 0.291. The zero-order valence-corrected chi connectivity index (χ0v) is 7.50. The molecule has 0 saturated heterocycles. The molecule has 0 radical (unpaired) electrons. The maximum Gasteiger partial charge on any atom is 0.216 e. The van der Waals surface area contributed by atoms with Crippen molar-refractivity contribution in [2.75, 3.05) is 19.8 Å². The van der Waals surface area contributed by atoms with E-state index in [9.17, 15) is 4.39 Å². The first kappa shape index (κ1) is 9.92. The molecule has 0 saturated carbocycles. The monoisotopic (exact) mass is 185 g/mol. The Morgan fingerprint density at radius 1 is 1.38 bits per heavy atom. The molecular weight excluding hydrogens is 173 g/mol. The van der Waals surface area contributed by atoms with Crippen molar-refractivity contribution in [2.45, 2.75) is 6.92 Å². The summed E-state index contributed by atoms with van der Waals surface area (Å²) in [5, 5.41) is 0. The summed E-state index contributed by atoms with van der Waals surface area (Å²) in [7, 11) is 0. The van der Waals surface area contributed by atoms with Crippen molar-refractivity contribution in [1.82, 2.24) is 4.98 Å². The van der Waals surface area contributed by atoms with Gasteiger partial charge in [0.15, 0.2) is 0 Å². The van der Waals surface area contributed by atoms with Crippen molar-refractivity contribution in [3.05, 3.63) is 24.1 Å². The molecule has 0 amide bonds. The Hall–Kier alpha value is -1.16. The minimum Gasteiger partial charge on any atom is -0.475 e. The van der Waals surface area contributed by atoms with E-state index in [0.717, 1.165) is 0 Å². The van der Waals surface area contributed by atoms with Crippen LogP contribution in [0.25, 0.3) is 0 Å². The Labute approximate surface area is 76.5 Å². The lowest BCUT2D eigenvalue weighted by Crippen LogP contribution is -2.07. The standard InChI is InChI=1S/C9H12FNO2/c1-2-12-6-7-13-9-5-3-4-8(10)11-9/h3-5H,2,6-7H2,1H3. The van der Waals surface area contributed by atoms with Gasteiger partial charge in [-0.3, -0.25) is 0 Å². The molecule has 13 heavy (non-hydrogen) atoms. The second-order valence-corrected chi connectivity index (χ2v) is 2.34. The van der Waals surface area contributed by atoms with E-state index >= 15 is 0 Å². The smallest absolute Gasteiger partial charge is 0.216 e. The molecule has 1 heterocycles. The van der Waals surface area contributed by atoms with Gasteiger partial charge in [-0.15, -0.1) is 0 Å². The van der Waals surface area contributed by atoms with Crippen molar-refractivity contribution < 1.29 is 13.9 Å². The largest absolute Gasteiger partial charge is 0.475 e. The Bertz CT molecular complexity index is 255. The van der Waals surface area contributed by atoms with Gasteiger partial charge in [0.25, 0.3) is 0 Å². The minimum atomic E-state index is -0.533. The van der Waals surface area contributed by atoms with E-state index in [1.165, 1.54) is 6.07 Å². The molecule has 1 aromatic heterocycles. The molecule has 0 atom stereocenters. The Balaban J connectivity index is 2.28. The van der Waals surface area contributed by atoms with E-state index in [2.05, 4.69) is 4.98 Å². The lowest BCUT2D eigenvalue weighted by Gasteiger charge is -2.04. The lowest BCUT2D eigenvalue weighted by atomic mass is 10.5. The van der Waals surface area contributed by atoms with Gasteiger partial charge in [-0.05, 0) is 13.0 Å². The van der Waals surface area contributed by atoms with Gasteiger partial charge in [0.2, 0.25) is 11.8 Å². The van der Waals surface area contributed by atoms with Crippen molar-refractivity contribution in [3.63, 3.8) is 0 Å². The number of rotatable bonds is 5. The fraction of sp³-hybridized carbons (Fsp3) is 0.444. The average Bonchev–Trinajstić information content (AvgIpc) is 2.13. The Kier molecular flexibility index (Phi) is 4.18. The molecule has 4 heteroatoms. The van der Waals surface area contributed by atoms with Crippen LogP contribution in [0.1, 0.15) is 6.92 Å². The predicted octanol–water partition coefficient (Wildman–Crippen LogP) is 1.64. The first-order chi connectivity index (χ1) is 6.33. The highest BCUT2D eigenvalue weighted by Gasteiger charge is 1.96. The number of aromatic nitrogens is 1. The van der Waals surface area contributed by atoms with Crippen molar-refractivity contribution in [3.8, 4) is 5.88 Å². The zero-order chi connectivity index (χ0) is 9.52. The first-order valence-electron chi connectivity index (χ1n) is 4.16. The molecule has 0 spiro atoms. The summed E-state index contributed by atoms with van der Waals surface area (Å²) in [6.45, 7) is 3.44. The summed E-state index contributed by atoms with van der Waals surface area (Å²) in [5.41, 5.74) is 0. The molecule has 0 N–H and O–H groups in total. The van der Waals surface area contributed by atoms with Gasteiger partial charge >= 0.3 is 0 Å². The molecule has 0 aliphatic heterocycles. The third-order valence-corrected chi connectivity index (χ3v) is 1.37. The highest BCUT2D eigenvalue weighted by molar-refractivity contribution is 5.10. The van der Waals surface area contributed by atoms with Gasteiger partial charge in [0, 0.05) is 12.7 Å². The SMILES string of the molecule is CCOCCOc1cccc(F)n1. The second kappa shape index (κ2) is 5.48. The van der Waals surface area contributed by atoms with E-state index < -0.39 is 5.95 Å².